The minimum atomic E-state index is 0.906. The number of nitrogens with zero attached hydrogens (tertiary/aromatic N) is 1. The van der Waals surface area contributed by atoms with Crippen LogP contribution < -0.4 is 4.90 Å². The monoisotopic (exact) mass is 687 g/mol. The molecule has 1 heterocycles. The molecule has 0 spiro atoms. The van der Waals surface area contributed by atoms with E-state index in [2.05, 4.69) is 193 Å². The van der Waals surface area contributed by atoms with Crippen LogP contribution in [0.1, 0.15) is 0 Å². The molecule has 0 aliphatic rings. The van der Waals surface area contributed by atoms with Crippen molar-refractivity contribution in [1.82, 2.24) is 0 Å². The molecule has 11 rings (SSSR count). The number of hydrogen-bond donors (Lipinski definition) is 0. The minimum Gasteiger partial charge on any atom is -0.455 e. The molecule has 10 aromatic carbocycles. The third-order valence-corrected chi connectivity index (χ3v) is 11.0. The van der Waals surface area contributed by atoms with Crippen LogP contribution in [-0.4, -0.2) is 0 Å². The maximum atomic E-state index is 6.51. The highest BCUT2D eigenvalue weighted by Crippen LogP contribution is 2.41. The van der Waals surface area contributed by atoms with Crippen LogP contribution >= 0.6 is 0 Å². The maximum absolute atomic E-state index is 6.51. The van der Waals surface area contributed by atoms with Crippen LogP contribution in [0.5, 0.6) is 0 Å². The number of para-hydroxylation sites is 1. The van der Waals surface area contributed by atoms with Gasteiger partial charge >= 0.3 is 0 Å². The summed E-state index contributed by atoms with van der Waals surface area (Å²) in [7, 11) is 0. The zero-order valence-electron chi connectivity index (χ0n) is 29.4. The molecule has 0 saturated carbocycles. The second kappa shape index (κ2) is 12.2. The van der Waals surface area contributed by atoms with E-state index in [4.69, 9.17) is 4.42 Å². The van der Waals surface area contributed by atoms with Crippen molar-refractivity contribution in [3.05, 3.63) is 200 Å². The van der Waals surface area contributed by atoms with Gasteiger partial charge in [-0.3, -0.25) is 0 Å². The fourth-order valence-corrected chi connectivity index (χ4v) is 8.34. The molecule has 0 fully saturated rings. The first-order valence-corrected chi connectivity index (χ1v) is 18.5. The molecule has 0 atom stereocenters. The second-order valence-corrected chi connectivity index (χ2v) is 14.1. The van der Waals surface area contributed by atoms with Crippen LogP contribution in [0.25, 0.3) is 87.3 Å². The SMILES string of the molecule is c1ccc2c(-c3ccc(N(c4ccc(-c5ccc6c(ccc7ccccc76)c5)cc4)c4ccc5ccc6c7ccccc7oc6c5c4)cc3)cccc2c1. The highest BCUT2D eigenvalue weighted by molar-refractivity contribution is 6.15. The van der Waals surface area contributed by atoms with Crippen LogP contribution in [0.4, 0.5) is 17.1 Å². The lowest BCUT2D eigenvalue weighted by atomic mass is 9.97. The van der Waals surface area contributed by atoms with Gasteiger partial charge in [0.15, 0.2) is 0 Å². The van der Waals surface area contributed by atoms with Gasteiger partial charge in [-0.15, -0.1) is 0 Å². The number of benzene rings is 10. The lowest BCUT2D eigenvalue weighted by Gasteiger charge is -2.26. The van der Waals surface area contributed by atoms with E-state index in [1.54, 1.807) is 0 Å². The molecule has 0 aliphatic heterocycles. The molecule has 54 heavy (non-hydrogen) atoms. The smallest absolute Gasteiger partial charge is 0.143 e. The molecule has 2 heteroatoms. The van der Waals surface area contributed by atoms with E-state index in [1.165, 1.54) is 54.6 Å². The van der Waals surface area contributed by atoms with Gasteiger partial charge in [0.25, 0.3) is 0 Å². The van der Waals surface area contributed by atoms with Gasteiger partial charge in [0.2, 0.25) is 0 Å². The summed E-state index contributed by atoms with van der Waals surface area (Å²) in [5.41, 5.74) is 9.87. The predicted molar refractivity (Wildman–Crippen MR) is 229 cm³/mol. The Labute approximate surface area is 312 Å². The minimum absolute atomic E-state index is 0.906. The van der Waals surface area contributed by atoms with E-state index < -0.39 is 0 Å². The van der Waals surface area contributed by atoms with E-state index in [-0.39, 0.29) is 0 Å². The zero-order chi connectivity index (χ0) is 35.6. The molecular weight excluding hydrogens is 655 g/mol. The molecule has 0 radical (unpaired) electrons. The molecule has 0 bridgehead atoms. The van der Waals surface area contributed by atoms with Crippen molar-refractivity contribution >= 4 is 82.1 Å². The van der Waals surface area contributed by atoms with Crippen molar-refractivity contribution in [3.63, 3.8) is 0 Å². The average molecular weight is 688 g/mol. The number of fused-ring (bicyclic) bond motifs is 9. The zero-order valence-corrected chi connectivity index (χ0v) is 29.4. The lowest BCUT2D eigenvalue weighted by molar-refractivity contribution is 0.672. The largest absolute Gasteiger partial charge is 0.455 e. The van der Waals surface area contributed by atoms with Crippen molar-refractivity contribution in [3.8, 4) is 22.3 Å². The maximum Gasteiger partial charge on any atom is 0.143 e. The Balaban J connectivity index is 1.04. The summed E-state index contributed by atoms with van der Waals surface area (Å²) in [6.45, 7) is 0. The molecule has 0 aliphatic carbocycles. The fraction of sp³-hybridized carbons (Fsp3) is 0. The average Bonchev–Trinajstić information content (AvgIpc) is 3.63. The quantitative estimate of drug-likeness (QED) is 0.168. The van der Waals surface area contributed by atoms with Crippen molar-refractivity contribution in [1.29, 1.82) is 0 Å². The van der Waals surface area contributed by atoms with Gasteiger partial charge < -0.3 is 9.32 Å². The highest BCUT2D eigenvalue weighted by Gasteiger charge is 2.17. The van der Waals surface area contributed by atoms with Crippen molar-refractivity contribution < 1.29 is 4.42 Å². The normalized spacial score (nSPS) is 11.7. The number of anilines is 3. The second-order valence-electron chi connectivity index (χ2n) is 14.1. The summed E-state index contributed by atoms with van der Waals surface area (Å²) in [6.07, 6.45) is 0. The number of rotatable bonds is 5. The van der Waals surface area contributed by atoms with E-state index in [0.29, 0.717) is 0 Å². The van der Waals surface area contributed by atoms with Crippen LogP contribution in [-0.2, 0) is 0 Å². The van der Waals surface area contributed by atoms with Gasteiger partial charge in [-0.05, 0) is 115 Å². The summed E-state index contributed by atoms with van der Waals surface area (Å²) in [5, 5.41) is 12.1. The summed E-state index contributed by atoms with van der Waals surface area (Å²) < 4.78 is 6.51. The molecule has 0 saturated heterocycles. The molecule has 0 amide bonds. The third kappa shape index (κ3) is 4.96. The molecule has 1 aromatic heterocycles. The predicted octanol–water partition coefficient (Wildman–Crippen LogP) is 15.0. The first-order chi connectivity index (χ1) is 26.7. The molecular formula is C52H33NO. The van der Waals surface area contributed by atoms with Crippen molar-refractivity contribution in [2.45, 2.75) is 0 Å². The first-order valence-electron chi connectivity index (χ1n) is 18.5. The van der Waals surface area contributed by atoms with Crippen LogP contribution in [0.15, 0.2) is 205 Å². The van der Waals surface area contributed by atoms with Gasteiger partial charge in [-0.25, -0.2) is 0 Å². The van der Waals surface area contributed by atoms with Gasteiger partial charge in [0, 0.05) is 33.2 Å². The topological polar surface area (TPSA) is 16.4 Å². The van der Waals surface area contributed by atoms with E-state index in [0.717, 1.165) is 49.8 Å². The van der Waals surface area contributed by atoms with E-state index in [1.807, 2.05) is 12.1 Å². The standard InChI is InChI=1S/C52H33NO/c1-3-11-44-35(8-1)10-7-14-46(44)37-20-27-42(28-21-37)53(43-29-22-38-23-31-49-48-13-5-6-15-51(48)54-52(49)50(38)33-43)41-25-18-34(19-26-41)39-24-30-47-40(32-39)17-16-36-9-2-4-12-45(36)47/h1-33H. The van der Waals surface area contributed by atoms with Crippen molar-refractivity contribution in [2.24, 2.45) is 0 Å². The third-order valence-electron chi connectivity index (χ3n) is 11.0. The molecule has 11 aromatic rings. The first kappa shape index (κ1) is 30.5. The van der Waals surface area contributed by atoms with Crippen molar-refractivity contribution in [2.75, 3.05) is 4.90 Å². The molecule has 2 nitrogen and oxygen atoms in total. The van der Waals surface area contributed by atoms with Crippen LogP contribution in [0.3, 0.4) is 0 Å². The molecule has 0 unspecified atom stereocenters. The lowest BCUT2D eigenvalue weighted by Crippen LogP contribution is -2.09. The Kier molecular flexibility index (Phi) is 6.90. The number of hydrogen-bond acceptors (Lipinski definition) is 2. The Hall–Kier alpha value is -7.16. The van der Waals surface area contributed by atoms with Gasteiger partial charge in [-0.2, -0.15) is 0 Å². The Morgan fingerprint density at radius 1 is 0.296 bits per heavy atom. The summed E-state index contributed by atoms with van der Waals surface area (Å²) in [6, 6.07) is 72.3. The molecule has 0 N–H and O–H groups in total. The van der Waals surface area contributed by atoms with Gasteiger partial charge in [-0.1, -0.05) is 146 Å². The van der Waals surface area contributed by atoms with Crippen LogP contribution in [0.2, 0.25) is 0 Å². The van der Waals surface area contributed by atoms with E-state index >= 15 is 0 Å². The van der Waals surface area contributed by atoms with Crippen LogP contribution in [0, 0.1) is 0 Å². The van der Waals surface area contributed by atoms with E-state index in [9.17, 15) is 0 Å². The summed E-state index contributed by atoms with van der Waals surface area (Å²) in [4.78, 5) is 2.35. The molecule has 252 valence electrons. The Morgan fingerprint density at radius 3 is 1.65 bits per heavy atom. The summed E-state index contributed by atoms with van der Waals surface area (Å²) >= 11 is 0. The summed E-state index contributed by atoms with van der Waals surface area (Å²) in [5.74, 6) is 0. The fourth-order valence-electron chi connectivity index (χ4n) is 8.34. The number of furan rings is 1. The van der Waals surface area contributed by atoms with Gasteiger partial charge in [0.1, 0.15) is 11.2 Å². The Bertz CT molecular complexity index is 3200. The highest BCUT2D eigenvalue weighted by atomic mass is 16.3. The Morgan fingerprint density at radius 2 is 0.833 bits per heavy atom. The van der Waals surface area contributed by atoms with Gasteiger partial charge in [0.05, 0.1) is 0 Å².